The number of hydrogen-bond donors (Lipinski definition) is 0. The molecule has 79 heavy (non-hydrogen) atoms. The van der Waals surface area contributed by atoms with Gasteiger partial charge in [0, 0.05) is 33.2 Å². The van der Waals surface area contributed by atoms with Crippen molar-refractivity contribution >= 4 is 21.8 Å². The maximum Gasteiger partial charge on any atom is 0.164 e. The minimum atomic E-state index is 0.596. The van der Waals surface area contributed by atoms with E-state index < -0.39 is 0 Å². The first-order valence-corrected chi connectivity index (χ1v) is 26.8. The van der Waals surface area contributed by atoms with Gasteiger partial charge >= 0.3 is 0 Å². The van der Waals surface area contributed by atoms with Gasteiger partial charge in [0.2, 0.25) is 0 Å². The highest BCUT2D eigenvalue weighted by atomic mass is 15.0. The molecule has 2 aromatic heterocycles. The molecule has 0 fully saturated rings. The fourth-order valence-corrected chi connectivity index (χ4v) is 11.1. The molecule has 0 N–H and O–H groups in total. The summed E-state index contributed by atoms with van der Waals surface area (Å²) in [4.78, 5) is 15.9. The van der Waals surface area contributed by atoms with Crippen LogP contribution in [0.5, 0.6) is 0 Å². The zero-order valence-corrected chi connectivity index (χ0v) is 43.2. The first-order chi connectivity index (χ1) is 39.1. The molecule has 14 rings (SSSR count). The lowest BCUT2D eigenvalue weighted by Crippen LogP contribution is -2.01. The molecule has 0 aliphatic carbocycles. The van der Waals surface area contributed by atoms with Crippen LogP contribution in [0, 0.1) is 0 Å². The number of para-hydroxylation sites is 2. The van der Waals surface area contributed by atoms with Crippen LogP contribution >= 0.6 is 0 Å². The minimum Gasteiger partial charge on any atom is -0.309 e. The summed E-state index contributed by atoms with van der Waals surface area (Å²) in [6.45, 7) is 0. The van der Waals surface area contributed by atoms with Crippen LogP contribution in [0.1, 0.15) is 0 Å². The van der Waals surface area contributed by atoms with Gasteiger partial charge in [-0.05, 0) is 139 Å². The van der Waals surface area contributed by atoms with Gasteiger partial charge in [0.05, 0.1) is 11.0 Å². The Morgan fingerprint density at radius 1 is 0.177 bits per heavy atom. The molecule has 0 saturated carbocycles. The molecule has 14 aromatic rings. The summed E-state index contributed by atoms with van der Waals surface area (Å²) in [7, 11) is 0. The lowest BCUT2D eigenvalue weighted by Gasteiger charge is -2.13. The Balaban J connectivity index is 0.810. The van der Waals surface area contributed by atoms with Gasteiger partial charge in [0.15, 0.2) is 17.5 Å². The van der Waals surface area contributed by atoms with Gasteiger partial charge in [-0.15, -0.1) is 0 Å². The van der Waals surface area contributed by atoms with E-state index in [9.17, 15) is 0 Å². The quantitative estimate of drug-likeness (QED) is 0.130. The van der Waals surface area contributed by atoms with Crippen molar-refractivity contribution in [3.8, 4) is 118 Å². The third kappa shape index (κ3) is 9.39. The first-order valence-electron chi connectivity index (χ1n) is 26.8. The molecule has 370 valence electrons. The summed E-state index contributed by atoms with van der Waals surface area (Å²) < 4.78 is 2.34. The molecular formula is C75H50N4. The molecule has 0 unspecified atom stereocenters. The van der Waals surface area contributed by atoms with Crippen LogP contribution in [-0.4, -0.2) is 19.5 Å². The number of aromatic nitrogens is 4. The third-order valence-corrected chi connectivity index (χ3v) is 15.0. The number of benzene rings is 12. The van der Waals surface area contributed by atoms with E-state index in [0.29, 0.717) is 17.5 Å². The van der Waals surface area contributed by atoms with Crippen LogP contribution in [-0.2, 0) is 0 Å². The zero-order chi connectivity index (χ0) is 52.5. The molecule has 12 aromatic carbocycles. The molecule has 0 spiro atoms. The van der Waals surface area contributed by atoms with Crippen LogP contribution in [0.15, 0.2) is 303 Å². The van der Waals surface area contributed by atoms with Crippen molar-refractivity contribution in [3.63, 3.8) is 0 Å². The summed E-state index contributed by atoms with van der Waals surface area (Å²) in [6, 6.07) is 108. The van der Waals surface area contributed by atoms with Crippen molar-refractivity contribution in [1.29, 1.82) is 0 Å². The van der Waals surface area contributed by atoms with Gasteiger partial charge in [-0.3, -0.25) is 0 Å². The summed E-state index contributed by atoms with van der Waals surface area (Å²) in [5.74, 6) is 1.79. The van der Waals surface area contributed by atoms with Crippen molar-refractivity contribution in [2.45, 2.75) is 0 Å². The third-order valence-electron chi connectivity index (χ3n) is 15.0. The van der Waals surface area contributed by atoms with E-state index >= 15 is 0 Å². The second-order valence-electron chi connectivity index (χ2n) is 20.0. The molecule has 0 aliphatic rings. The Kier molecular flexibility index (Phi) is 12.2. The fourth-order valence-electron chi connectivity index (χ4n) is 11.1. The molecule has 0 atom stereocenters. The highest BCUT2D eigenvalue weighted by molar-refractivity contribution is 6.09. The molecule has 4 heteroatoms. The maximum atomic E-state index is 5.31. The second kappa shape index (κ2) is 20.5. The molecule has 4 nitrogen and oxygen atoms in total. The van der Waals surface area contributed by atoms with E-state index in [4.69, 9.17) is 15.0 Å². The van der Waals surface area contributed by atoms with Gasteiger partial charge in [-0.25, -0.2) is 15.0 Å². The number of nitrogens with zero attached hydrogens (tertiary/aromatic N) is 4. The maximum absolute atomic E-state index is 5.31. The summed E-state index contributed by atoms with van der Waals surface area (Å²) >= 11 is 0. The first kappa shape index (κ1) is 46.9. The van der Waals surface area contributed by atoms with Gasteiger partial charge in [0.25, 0.3) is 0 Å². The van der Waals surface area contributed by atoms with Gasteiger partial charge in [-0.1, -0.05) is 243 Å². The van der Waals surface area contributed by atoms with Gasteiger partial charge < -0.3 is 4.57 Å². The summed E-state index contributed by atoms with van der Waals surface area (Å²) in [6.07, 6.45) is 0. The van der Waals surface area contributed by atoms with Crippen molar-refractivity contribution in [1.82, 2.24) is 19.5 Å². The topological polar surface area (TPSA) is 43.6 Å². The number of hydrogen-bond acceptors (Lipinski definition) is 3. The molecule has 0 bridgehead atoms. The van der Waals surface area contributed by atoms with Crippen molar-refractivity contribution in [3.05, 3.63) is 303 Å². The predicted octanol–water partition coefficient (Wildman–Crippen LogP) is 19.6. The SMILES string of the molecule is c1ccc(-c2cccc(-c3cccc(-c4ccc(-c5cccc(-c6cccc(-c7nc(-c8cccc(-c9cccc(-c%10ccccc%10)c9)c8)nc(-c8cccc(-n9c%10ccccc%10c%10ccccc%109)c8)n7)c6)c5)cc4)c3)c2)cc1. The Morgan fingerprint density at radius 2 is 0.418 bits per heavy atom. The van der Waals surface area contributed by atoms with Crippen LogP contribution in [0.25, 0.3) is 140 Å². The highest BCUT2D eigenvalue weighted by Gasteiger charge is 2.17. The Labute approximate surface area is 460 Å². The Morgan fingerprint density at radius 3 is 0.772 bits per heavy atom. The van der Waals surface area contributed by atoms with E-state index in [0.717, 1.165) is 66.8 Å². The van der Waals surface area contributed by atoms with Crippen LogP contribution in [0.3, 0.4) is 0 Å². The predicted molar refractivity (Wildman–Crippen MR) is 329 cm³/mol. The van der Waals surface area contributed by atoms with Gasteiger partial charge in [-0.2, -0.15) is 0 Å². The monoisotopic (exact) mass is 1010 g/mol. The Bertz CT molecular complexity index is 4480. The lowest BCUT2D eigenvalue weighted by atomic mass is 9.94. The average molecular weight is 1010 g/mol. The van der Waals surface area contributed by atoms with Crippen LogP contribution in [0.2, 0.25) is 0 Å². The van der Waals surface area contributed by atoms with E-state index in [1.807, 2.05) is 0 Å². The molecular weight excluding hydrogens is 957 g/mol. The van der Waals surface area contributed by atoms with Crippen molar-refractivity contribution in [2.24, 2.45) is 0 Å². The summed E-state index contributed by atoms with van der Waals surface area (Å²) in [5, 5.41) is 2.43. The molecule has 0 amide bonds. The average Bonchev–Trinajstić information content (AvgIpc) is 4.14. The molecule has 0 aliphatic heterocycles. The van der Waals surface area contributed by atoms with Gasteiger partial charge in [0.1, 0.15) is 0 Å². The zero-order valence-electron chi connectivity index (χ0n) is 43.2. The van der Waals surface area contributed by atoms with E-state index in [2.05, 4.69) is 308 Å². The highest BCUT2D eigenvalue weighted by Crippen LogP contribution is 2.37. The molecule has 0 radical (unpaired) electrons. The molecule has 0 saturated heterocycles. The smallest absolute Gasteiger partial charge is 0.164 e. The Hall–Kier alpha value is -10.6. The van der Waals surface area contributed by atoms with Crippen LogP contribution < -0.4 is 0 Å². The number of fused-ring (bicyclic) bond motifs is 3. The van der Waals surface area contributed by atoms with E-state index in [1.54, 1.807) is 0 Å². The van der Waals surface area contributed by atoms with E-state index in [-0.39, 0.29) is 0 Å². The minimum absolute atomic E-state index is 0.596. The van der Waals surface area contributed by atoms with Crippen molar-refractivity contribution < 1.29 is 0 Å². The van der Waals surface area contributed by atoms with Crippen molar-refractivity contribution in [2.75, 3.05) is 0 Å². The normalized spacial score (nSPS) is 11.3. The lowest BCUT2D eigenvalue weighted by molar-refractivity contribution is 1.07. The number of rotatable bonds is 11. The second-order valence-corrected chi connectivity index (χ2v) is 20.0. The van der Waals surface area contributed by atoms with Crippen LogP contribution in [0.4, 0.5) is 0 Å². The summed E-state index contributed by atoms with van der Waals surface area (Å²) in [5.41, 5.74) is 22.2. The molecule has 2 heterocycles. The fraction of sp³-hybridized carbons (Fsp3) is 0. The van der Waals surface area contributed by atoms with E-state index in [1.165, 1.54) is 55.3 Å². The standard InChI is InChI=1S/C75H50N4/c1-3-18-51(19-4-1)55-22-11-26-59(44-55)60-27-13-24-57(46-60)53-40-42-54(43-41-53)58-25-14-29-62(47-58)64-31-16-33-66(49-64)74-76-73(65-32-15-30-63(48-65)61-28-12-23-56(45-61)52-20-5-2-6-21-52)77-75(78-74)67-34-17-35-68(50-67)79-71-38-9-7-36-69(71)70-37-8-10-39-72(70)79/h1-50H. The largest absolute Gasteiger partial charge is 0.309 e.